The molecule has 15 heavy (non-hydrogen) atoms. The molecule has 0 saturated carbocycles. The van der Waals surface area contributed by atoms with E-state index in [2.05, 4.69) is 13.8 Å². The van der Waals surface area contributed by atoms with Crippen molar-refractivity contribution >= 4 is 0 Å². The van der Waals surface area contributed by atoms with Crippen LogP contribution in [0.3, 0.4) is 0 Å². The lowest BCUT2D eigenvalue weighted by Gasteiger charge is -2.08. The maximum Gasteiger partial charge on any atom is 0.129 e. The van der Waals surface area contributed by atoms with Crippen LogP contribution < -0.4 is 5.73 Å². The number of halogens is 1. The van der Waals surface area contributed by atoms with Gasteiger partial charge in [-0.05, 0) is 17.5 Å². The summed E-state index contributed by atoms with van der Waals surface area (Å²) in [5, 5.41) is 0. The first-order chi connectivity index (χ1) is 7.13. The number of rotatable bonds is 5. The van der Waals surface area contributed by atoms with Gasteiger partial charge in [-0.2, -0.15) is 0 Å². The number of benzene rings is 1. The van der Waals surface area contributed by atoms with Crippen molar-refractivity contribution in [2.24, 2.45) is 11.7 Å². The summed E-state index contributed by atoms with van der Waals surface area (Å²) in [6, 6.07) is 5.03. The summed E-state index contributed by atoms with van der Waals surface area (Å²) in [6.07, 6.45) is 0. The molecule has 0 fully saturated rings. The van der Waals surface area contributed by atoms with E-state index in [0.717, 1.165) is 5.56 Å². The Morgan fingerprint density at radius 2 is 2.13 bits per heavy atom. The molecule has 1 rings (SSSR count). The fraction of sp³-hybridized carbons (Fsp3) is 0.500. The van der Waals surface area contributed by atoms with Crippen LogP contribution in [-0.2, 0) is 17.9 Å². The summed E-state index contributed by atoms with van der Waals surface area (Å²) >= 11 is 0. The molecule has 0 aromatic heterocycles. The molecule has 2 nitrogen and oxygen atoms in total. The molecule has 0 radical (unpaired) electrons. The molecule has 2 N–H and O–H groups in total. The Labute approximate surface area is 90.2 Å². The predicted octanol–water partition coefficient (Wildman–Crippen LogP) is 2.46. The molecule has 0 atom stereocenters. The molecule has 1 aromatic carbocycles. The van der Waals surface area contributed by atoms with Crippen LogP contribution in [0.15, 0.2) is 18.2 Å². The Kier molecular flexibility index (Phi) is 4.72. The first-order valence-corrected chi connectivity index (χ1v) is 5.18. The quantitative estimate of drug-likeness (QED) is 0.812. The third-order valence-electron chi connectivity index (χ3n) is 2.06. The summed E-state index contributed by atoms with van der Waals surface area (Å²) in [5.41, 5.74) is 6.81. The standard InChI is InChI=1S/C12H18FNO/c1-9(2)7-15-8-11-4-3-10(6-14)5-12(11)13/h3-5,9H,6-8,14H2,1-2H3. The minimum absolute atomic E-state index is 0.235. The Morgan fingerprint density at radius 3 is 2.67 bits per heavy atom. The Hall–Kier alpha value is -0.930. The third kappa shape index (κ3) is 3.98. The van der Waals surface area contributed by atoms with E-state index in [0.29, 0.717) is 31.2 Å². The number of hydrogen-bond acceptors (Lipinski definition) is 2. The van der Waals surface area contributed by atoms with Gasteiger partial charge in [-0.3, -0.25) is 0 Å². The molecule has 0 spiro atoms. The molecule has 0 amide bonds. The van der Waals surface area contributed by atoms with Crippen molar-refractivity contribution in [3.63, 3.8) is 0 Å². The molecule has 0 bridgehead atoms. The molecule has 84 valence electrons. The van der Waals surface area contributed by atoms with E-state index >= 15 is 0 Å². The van der Waals surface area contributed by atoms with Crippen molar-refractivity contribution in [1.82, 2.24) is 0 Å². The molecule has 0 aliphatic carbocycles. The lowest BCUT2D eigenvalue weighted by Crippen LogP contribution is -2.04. The van der Waals surface area contributed by atoms with Crippen LogP contribution >= 0.6 is 0 Å². The van der Waals surface area contributed by atoms with Crippen LogP contribution in [-0.4, -0.2) is 6.61 Å². The van der Waals surface area contributed by atoms with E-state index in [1.54, 1.807) is 6.07 Å². The van der Waals surface area contributed by atoms with Crippen LogP contribution in [0.5, 0.6) is 0 Å². The smallest absolute Gasteiger partial charge is 0.129 e. The van der Waals surface area contributed by atoms with E-state index < -0.39 is 0 Å². The van der Waals surface area contributed by atoms with Crippen LogP contribution in [0.4, 0.5) is 4.39 Å². The summed E-state index contributed by atoms with van der Waals surface area (Å²) in [5.74, 6) is 0.234. The summed E-state index contributed by atoms with van der Waals surface area (Å²) in [4.78, 5) is 0. The molecule has 0 aliphatic rings. The van der Waals surface area contributed by atoms with Crippen LogP contribution in [0.2, 0.25) is 0 Å². The maximum absolute atomic E-state index is 13.4. The fourth-order valence-electron chi connectivity index (χ4n) is 1.24. The number of hydrogen-bond donors (Lipinski definition) is 1. The van der Waals surface area contributed by atoms with Gasteiger partial charge in [-0.1, -0.05) is 26.0 Å². The molecule has 3 heteroatoms. The van der Waals surface area contributed by atoms with Gasteiger partial charge in [0.1, 0.15) is 5.82 Å². The zero-order valence-electron chi connectivity index (χ0n) is 9.29. The number of nitrogens with two attached hydrogens (primary N) is 1. The maximum atomic E-state index is 13.4. The van der Waals surface area contributed by atoms with E-state index in [1.165, 1.54) is 6.07 Å². The van der Waals surface area contributed by atoms with Gasteiger partial charge in [-0.15, -0.1) is 0 Å². The third-order valence-corrected chi connectivity index (χ3v) is 2.06. The van der Waals surface area contributed by atoms with Gasteiger partial charge in [0.05, 0.1) is 6.61 Å². The highest BCUT2D eigenvalue weighted by molar-refractivity contribution is 5.23. The highest BCUT2D eigenvalue weighted by Crippen LogP contribution is 2.11. The van der Waals surface area contributed by atoms with Crippen molar-refractivity contribution in [2.75, 3.05) is 6.61 Å². The van der Waals surface area contributed by atoms with E-state index in [1.807, 2.05) is 6.07 Å². The van der Waals surface area contributed by atoms with Gasteiger partial charge in [0.25, 0.3) is 0 Å². The normalized spacial score (nSPS) is 11.0. The zero-order valence-corrected chi connectivity index (χ0v) is 9.29. The highest BCUT2D eigenvalue weighted by Gasteiger charge is 2.03. The van der Waals surface area contributed by atoms with Crippen LogP contribution in [0.25, 0.3) is 0 Å². The van der Waals surface area contributed by atoms with Crippen LogP contribution in [0.1, 0.15) is 25.0 Å². The summed E-state index contributed by atoms with van der Waals surface area (Å²) in [6.45, 7) is 5.47. The monoisotopic (exact) mass is 211 g/mol. The molecular weight excluding hydrogens is 193 g/mol. The average molecular weight is 211 g/mol. The molecular formula is C12H18FNO. The van der Waals surface area contributed by atoms with E-state index in [-0.39, 0.29) is 5.82 Å². The van der Waals surface area contributed by atoms with Gasteiger partial charge in [0, 0.05) is 18.7 Å². The molecule has 0 aliphatic heterocycles. The first-order valence-electron chi connectivity index (χ1n) is 5.18. The van der Waals surface area contributed by atoms with Crippen molar-refractivity contribution in [2.45, 2.75) is 27.0 Å². The summed E-state index contributed by atoms with van der Waals surface area (Å²) in [7, 11) is 0. The van der Waals surface area contributed by atoms with E-state index in [9.17, 15) is 4.39 Å². The Morgan fingerprint density at radius 1 is 1.40 bits per heavy atom. The number of ether oxygens (including phenoxy) is 1. The second kappa shape index (κ2) is 5.83. The van der Waals surface area contributed by atoms with Gasteiger partial charge in [-0.25, -0.2) is 4.39 Å². The Bertz CT molecular complexity index is 312. The lowest BCUT2D eigenvalue weighted by atomic mass is 10.1. The topological polar surface area (TPSA) is 35.2 Å². The van der Waals surface area contributed by atoms with E-state index in [4.69, 9.17) is 10.5 Å². The minimum atomic E-state index is -0.235. The van der Waals surface area contributed by atoms with Gasteiger partial charge >= 0.3 is 0 Å². The van der Waals surface area contributed by atoms with Crippen molar-refractivity contribution < 1.29 is 9.13 Å². The molecule has 0 saturated heterocycles. The van der Waals surface area contributed by atoms with Gasteiger partial charge < -0.3 is 10.5 Å². The highest BCUT2D eigenvalue weighted by atomic mass is 19.1. The first kappa shape index (κ1) is 12.1. The SMILES string of the molecule is CC(C)COCc1ccc(CN)cc1F. The molecule has 0 heterocycles. The van der Waals surface area contributed by atoms with Crippen LogP contribution in [0, 0.1) is 11.7 Å². The average Bonchev–Trinajstić information content (AvgIpc) is 2.20. The molecule has 0 unspecified atom stereocenters. The van der Waals surface area contributed by atoms with Crippen molar-refractivity contribution in [3.8, 4) is 0 Å². The zero-order chi connectivity index (χ0) is 11.3. The summed E-state index contributed by atoms with van der Waals surface area (Å²) < 4.78 is 18.8. The largest absolute Gasteiger partial charge is 0.376 e. The minimum Gasteiger partial charge on any atom is -0.376 e. The Balaban J connectivity index is 2.54. The predicted molar refractivity (Wildman–Crippen MR) is 58.8 cm³/mol. The lowest BCUT2D eigenvalue weighted by molar-refractivity contribution is 0.0950. The second-order valence-corrected chi connectivity index (χ2v) is 4.04. The van der Waals surface area contributed by atoms with Gasteiger partial charge in [0.2, 0.25) is 0 Å². The van der Waals surface area contributed by atoms with Gasteiger partial charge in [0.15, 0.2) is 0 Å². The van der Waals surface area contributed by atoms with Crippen molar-refractivity contribution in [3.05, 3.63) is 35.1 Å². The van der Waals surface area contributed by atoms with Crippen molar-refractivity contribution in [1.29, 1.82) is 0 Å². The molecule has 1 aromatic rings. The second-order valence-electron chi connectivity index (χ2n) is 4.04. The fourth-order valence-corrected chi connectivity index (χ4v) is 1.24.